The Labute approximate surface area is 176 Å². The fourth-order valence-electron chi connectivity index (χ4n) is 3.88. The van der Waals surface area contributed by atoms with Crippen LogP contribution in [-0.2, 0) is 26.6 Å². The number of rotatable bonds is 18. The smallest absolute Gasteiger partial charge is 0.374 e. The molecule has 28 heavy (non-hydrogen) atoms. The Hall–Kier alpha value is 0.194. The highest BCUT2D eigenvalue weighted by atomic mass is 28.4. The predicted octanol–water partition coefficient (Wildman–Crippen LogP) is 5.42. The lowest BCUT2D eigenvalue weighted by molar-refractivity contribution is 0.0229. The molecule has 0 aliphatic heterocycles. The summed E-state index contributed by atoms with van der Waals surface area (Å²) in [7, 11) is -6.04. The van der Waals surface area contributed by atoms with Crippen LogP contribution in [0, 0.1) is 0 Å². The van der Waals surface area contributed by atoms with Gasteiger partial charge in [-0.2, -0.15) is 0 Å². The van der Waals surface area contributed by atoms with Crippen molar-refractivity contribution in [2.24, 2.45) is 0 Å². The van der Waals surface area contributed by atoms with Gasteiger partial charge in [0.25, 0.3) is 0 Å². The fourth-order valence-corrected chi connectivity index (χ4v) is 11.5. The second-order valence-electron chi connectivity index (χ2n) is 7.17. The highest BCUT2D eigenvalue weighted by molar-refractivity contribution is 6.70. The van der Waals surface area contributed by atoms with Gasteiger partial charge in [0, 0.05) is 50.2 Å². The molecule has 0 aliphatic rings. The molecule has 8 heteroatoms. The molecule has 0 heterocycles. The molecular weight excluding hydrogens is 392 g/mol. The molecule has 6 nitrogen and oxygen atoms in total. The second kappa shape index (κ2) is 14.2. The first-order chi connectivity index (χ1) is 13.3. The molecule has 0 N–H and O–H groups in total. The van der Waals surface area contributed by atoms with Crippen molar-refractivity contribution in [2.75, 3.05) is 39.6 Å². The van der Waals surface area contributed by atoms with Gasteiger partial charge < -0.3 is 26.6 Å². The molecule has 0 rings (SSSR count). The van der Waals surface area contributed by atoms with E-state index in [2.05, 4.69) is 20.8 Å². The molecule has 0 saturated carbocycles. The number of hydrogen-bond donors (Lipinski definition) is 0. The van der Waals surface area contributed by atoms with Gasteiger partial charge in [-0.1, -0.05) is 33.6 Å². The predicted molar refractivity (Wildman–Crippen MR) is 119 cm³/mol. The van der Waals surface area contributed by atoms with Crippen molar-refractivity contribution in [2.45, 2.75) is 92.2 Å². The van der Waals surface area contributed by atoms with Gasteiger partial charge in [0.05, 0.1) is 0 Å². The Morgan fingerprint density at radius 1 is 0.607 bits per heavy atom. The van der Waals surface area contributed by atoms with Crippen molar-refractivity contribution < 1.29 is 26.6 Å². The fraction of sp³-hybridized carbons (Fsp3) is 1.00. The summed E-state index contributed by atoms with van der Waals surface area (Å²) in [5.41, 5.74) is 0.0242. The maximum absolute atomic E-state index is 6.34. The first-order valence-electron chi connectivity index (χ1n) is 11.1. The molecule has 0 aliphatic carbocycles. The molecule has 0 fully saturated rings. The second-order valence-corrected chi connectivity index (χ2v) is 13.2. The Morgan fingerprint density at radius 3 is 1.25 bits per heavy atom. The highest BCUT2D eigenvalue weighted by Gasteiger charge is 2.67. The van der Waals surface area contributed by atoms with Gasteiger partial charge in [0.1, 0.15) is 0 Å². The van der Waals surface area contributed by atoms with Crippen molar-refractivity contribution in [3.05, 3.63) is 0 Å². The standard InChI is InChI=1S/C20H46O6Si2/c1-10-17-18-19(27(21-11-2,22-12-3)23-13-4)20(8,9)28(24-14-5,25-15-6)26-16-7/h19H,10-18H2,1-9H3. The van der Waals surface area contributed by atoms with E-state index in [4.69, 9.17) is 26.6 Å². The maximum Gasteiger partial charge on any atom is 0.507 e. The van der Waals surface area contributed by atoms with Crippen LogP contribution in [0.1, 0.15) is 81.6 Å². The van der Waals surface area contributed by atoms with Crippen molar-refractivity contribution >= 4 is 17.6 Å². The molecule has 1 unspecified atom stereocenters. The lowest BCUT2D eigenvalue weighted by atomic mass is 10.0. The van der Waals surface area contributed by atoms with E-state index in [0.717, 1.165) is 19.3 Å². The van der Waals surface area contributed by atoms with Gasteiger partial charge in [0.15, 0.2) is 0 Å². The minimum Gasteiger partial charge on any atom is -0.374 e. The van der Waals surface area contributed by atoms with Gasteiger partial charge in [-0.05, 0) is 48.0 Å². The van der Waals surface area contributed by atoms with E-state index in [1.165, 1.54) is 0 Å². The van der Waals surface area contributed by atoms with E-state index in [1.807, 2.05) is 41.5 Å². The molecule has 0 radical (unpaired) electrons. The molecule has 1 atom stereocenters. The third kappa shape index (κ3) is 6.87. The van der Waals surface area contributed by atoms with Crippen LogP contribution in [0.25, 0.3) is 0 Å². The van der Waals surface area contributed by atoms with E-state index >= 15 is 0 Å². The molecule has 170 valence electrons. The maximum atomic E-state index is 6.34. The summed E-state index contributed by atoms with van der Waals surface area (Å²) in [6.07, 6.45) is 3.08. The monoisotopic (exact) mass is 438 g/mol. The largest absolute Gasteiger partial charge is 0.507 e. The summed E-state index contributed by atoms with van der Waals surface area (Å²) in [5.74, 6) is 0. The highest BCUT2D eigenvalue weighted by Crippen LogP contribution is 2.56. The van der Waals surface area contributed by atoms with Crippen LogP contribution in [0.4, 0.5) is 0 Å². The first-order valence-corrected chi connectivity index (χ1v) is 14.7. The van der Waals surface area contributed by atoms with Crippen LogP contribution in [0.15, 0.2) is 0 Å². The third-order valence-corrected chi connectivity index (χ3v) is 13.1. The molecule has 0 amide bonds. The first kappa shape index (κ1) is 28.2. The lowest BCUT2D eigenvalue weighted by Crippen LogP contribution is -2.62. The molecule has 0 saturated heterocycles. The average molecular weight is 439 g/mol. The summed E-state index contributed by atoms with van der Waals surface area (Å²) in [5, 5.41) is -0.421. The van der Waals surface area contributed by atoms with Crippen LogP contribution in [0.2, 0.25) is 10.6 Å². The van der Waals surface area contributed by atoms with Crippen molar-refractivity contribution in [1.82, 2.24) is 0 Å². The molecular formula is C20H46O6Si2. The van der Waals surface area contributed by atoms with Crippen LogP contribution in [-0.4, -0.2) is 57.3 Å². The quantitative estimate of drug-likeness (QED) is 0.266. The number of hydrogen-bond acceptors (Lipinski definition) is 6. The van der Waals surface area contributed by atoms with Crippen LogP contribution in [0.3, 0.4) is 0 Å². The van der Waals surface area contributed by atoms with E-state index < -0.39 is 22.6 Å². The van der Waals surface area contributed by atoms with E-state index in [9.17, 15) is 0 Å². The van der Waals surface area contributed by atoms with Gasteiger partial charge >= 0.3 is 17.6 Å². The summed E-state index contributed by atoms with van der Waals surface area (Å²) in [6.45, 7) is 21.9. The van der Waals surface area contributed by atoms with Gasteiger partial charge in [-0.15, -0.1) is 0 Å². The molecule has 0 aromatic heterocycles. The third-order valence-electron chi connectivity index (χ3n) is 4.97. The molecule has 0 spiro atoms. The van der Waals surface area contributed by atoms with Crippen LogP contribution in [0.5, 0.6) is 0 Å². The van der Waals surface area contributed by atoms with Crippen molar-refractivity contribution in [1.29, 1.82) is 0 Å². The van der Waals surface area contributed by atoms with E-state index in [0.29, 0.717) is 39.6 Å². The van der Waals surface area contributed by atoms with Gasteiger partial charge in [-0.3, -0.25) is 0 Å². The molecule has 0 aromatic carbocycles. The molecule has 0 bridgehead atoms. The Morgan fingerprint density at radius 2 is 0.964 bits per heavy atom. The van der Waals surface area contributed by atoms with Gasteiger partial charge in [0.2, 0.25) is 0 Å². The van der Waals surface area contributed by atoms with E-state index in [-0.39, 0.29) is 5.54 Å². The van der Waals surface area contributed by atoms with Crippen LogP contribution >= 0.6 is 0 Å². The number of unbranched alkanes of at least 4 members (excludes halogenated alkanes) is 1. The Kier molecular flexibility index (Phi) is 14.3. The summed E-state index contributed by atoms with van der Waals surface area (Å²) in [4.78, 5) is 0. The normalized spacial score (nSPS) is 14.5. The van der Waals surface area contributed by atoms with Crippen LogP contribution < -0.4 is 0 Å². The summed E-state index contributed by atoms with van der Waals surface area (Å²) < 4.78 is 38.0. The topological polar surface area (TPSA) is 55.4 Å². The van der Waals surface area contributed by atoms with E-state index in [1.54, 1.807) is 0 Å². The molecule has 0 aromatic rings. The zero-order chi connectivity index (χ0) is 21.7. The summed E-state index contributed by atoms with van der Waals surface area (Å²) >= 11 is 0. The van der Waals surface area contributed by atoms with Crippen molar-refractivity contribution in [3.63, 3.8) is 0 Å². The lowest BCUT2D eigenvalue weighted by Gasteiger charge is -2.49. The zero-order valence-electron chi connectivity index (χ0n) is 19.9. The Bertz CT molecular complexity index is 361. The minimum atomic E-state index is -3.04. The zero-order valence-corrected chi connectivity index (χ0v) is 21.9. The summed E-state index contributed by atoms with van der Waals surface area (Å²) in [6, 6.07) is 0. The minimum absolute atomic E-state index is 0.0242. The SMILES string of the molecule is CCCCC(C(C)(C)[Si](OCC)(OCC)OCC)[Si](OCC)(OCC)OCC. The average Bonchev–Trinajstić information content (AvgIpc) is 2.63. The Balaban J connectivity index is 6.45. The van der Waals surface area contributed by atoms with Gasteiger partial charge in [-0.25, -0.2) is 0 Å². The van der Waals surface area contributed by atoms with Crippen molar-refractivity contribution in [3.8, 4) is 0 Å².